The number of carbonyl (C=O) groups excluding carboxylic acids is 1. The molecular weight excluding hydrogens is 256 g/mol. The molecule has 1 saturated heterocycles. The summed E-state index contributed by atoms with van der Waals surface area (Å²) in [6, 6.07) is -0.245. The number of carboxylic acids is 1. The Labute approximate surface area is 120 Å². The first-order valence-corrected chi connectivity index (χ1v) is 7.70. The van der Waals surface area contributed by atoms with Crippen LogP contribution in [-0.4, -0.2) is 36.1 Å². The molecule has 5 heteroatoms. The van der Waals surface area contributed by atoms with Crippen molar-refractivity contribution in [1.29, 1.82) is 0 Å². The Kier molecular flexibility index (Phi) is 4.37. The van der Waals surface area contributed by atoms with Gasteiger partial charge in [0.2, 0.25) is 5.91 Å². The van der Waals surface area contributed by atoms with Crippen molar-refractivity contribution in [3.8, 4) is 0 Å². The highest BCUT2D eigenvalue weighted by atomic mass is 16.4. The van der Waals surface area contributed by atoms with Gasteiger partial charge in [-0.3, -0.25) is 9.59 Å². The van der Waals surface area contributed by atoms with E-state index in [9.17, 15) is 14.7 Å². The lowest BCUT2D eigenvalue weighted by molar-refractivity contribution is -0.152. The van der Waals surface area contributed by atoms with E-state index in [0.29, 0.717) is 13.0 Å². The summed E-state index contributed by atoms with van der Waals surface area (Å²) in [5.74, 6) is -0.762. The van der Waals surface area contributed by atoms with Crippen LogP contribution in [0.25, 0.3) is 0 Å². The Morgan fingerprint density at radius 3 is 2.65 bits per heavy atom. The second-order valence-electron chi connectivity index (χ2n) is 6.56. The minimum Gasteiger partial charge on any atom is -0.481 e. The van der Waals surface area contributed by atoms with Crippen LogP contribution in [0.4, 0.5) is 0 Å². The average molecular weight is 282 g/mol. The Balaban J connectivity index is 2.11. The zero-order chi connectivity index (χ0) is 14.8. The summed E-state index contributed by atoms with van der Waals surface area (Å²) in [5, 5.41) is 15.8. The zero-order valence-electron chi connectivity index (χ0n) is 12.5. The molecule has 2 rings (SSSR count). The molecule has 1 aliphatic carbocycles. The normalized spacial score (nSPS) is 37.6. The summed E-state index contributed by atoms with van der Waals surface area (Å²) in [4.78, 5) is 24.2. The molecule has 0 aromatic carbocycles. The van der Waals surface area contributed by atoms with E-state index in [-0.39, 0.29) is 17.4 Å². The van der Waals surface area contributed by atoms with Crippen molar-refractivity contribution >= 4 is 11.9 Å². The Morgan fingerprint density at radius 1 is 1.35 bits per heavy atom. The van der Waals surface area contributed by atoms with Crippen LogP contribution < -0.4 is 10.6 Å². The van der Waals surface area contributed by atoms with Crippen LogP contribution >= 0.6 is 0 Å². The van der Waals surface area contributed by atoms with E-state index in [1.165, 1.54) is 0 Å². The third-order valence-corrected chi connectivity index (χ3v) is 5.40. The molecule has 20 heavy (non-hydrogen) atoms. The number of hydrogen-bond donors (Lipinski definition) is 3. The number of nitrogens with one attached hydrogen (secondary N) is 2. The fourth-order valence-electron chi connectivity index (χ4n) is 3.53. The number of rotatable bonds is 4. The van der Waals surface area contributed by atoms with Gasteiger partial charge in [0.05, 0.1) is 10.8 Å². The summed E-state index contributed by atoms with van der Waals surface area (Å²) >= 11 is 0. The highest BCUT2D eigenvalue weighted by molar-refractivity contribution is 5.85. The SMILES string of the molecule is CCC1(C(=O)NC2CCCCC2(C)C(=O)O)CCNC1. The van der Waals surface area contributed by atoms with Crippen LogP contribution in [0.15, 0.2) is 0 Å². The van der Waals surface area contributed by atoms with E-state index in [1.54, 1.807) is 6.92 Å². The highest BCUT2D eigenvalue weighted by Gasteiger charge is 2.47. The van der Waals surface area contributed by atoms with Gasteiger partial charge in [0.25, 0.3) is 0 Å². The van der Waals surface area contributed by atoms with Crippen LogP contribution in [0.3, 0.4) is 0 Å². The van der Waals surface area contributed by atoms with Gasteiger partial charge in [-0.25, -0.2) is 0 Å². The molecule has 0 aromatic rings. The molecule has 0 aromatic heterocycles. The molecule has 5 nitrogen and oxygen atoms in total. The molecule has 114 valence electrons. The maximum absolute atomic E-state index is 12.6. The molecular formula is C15H26N2O3. The summed E-state index contributed by atoms with van der Waals surface area (Å²) in [6.45, 7) is 5.36. The van der Waals surface area contributed by atoms with Gasteiger partial charge in [-0.15, -0.1) is 0 Å². The first-order chi connectivity index (χ1) is 9.44. The van der Waals surface area contributed by atoms with Gasteiger partial charge in [0.1, 0.15) is 0 Å². The van der Waals surface area contributed by atoms with Crippen molar-refractivity contribution < 1.29 is 14.7 Å². The number of carboxylic acid groups (broad SMARTS) is 1. The first kappa shape index (κ1) is 15.3. The predicted molar refractivity (Wildman–Crippen MR) is 76.4 cm³/mol. The van der Waals surface area contributed by atoms with Crippen LogP contribution in [0, 0.1) is 10.8 Å². The average Bonchev–Trinajstić information content (AvgIpc) is 2.91. The fourth-order valence-corrected chi connectivity index (χ4v) is 3.53. The smallest absolute Gasteiger partial charge is 0.311 e. The standard InChI is InChI=1S/C15H26N2O3/c1-3-15(8-9-16-10-15)12(18)17-11-6-4-5-7-14(11,2)13(19)20/h11,16H,3-10H2,1-2H3,(H,17,18)(H,19,20). The van der Waals surface area contributed by atoms with E-state index in [2.05, 4.69) is 10.6 Å². The van der Waals surface area contributed by atoms with Gasteiger partial charge in [0.15, 0.2) is 0 Å². The van der Waals surface area contributed by atoms with Crippen molar-refractivity contribution in [3.05, 3.63) is 0 Å². The Morgan fingerprint density at radius 2 is 2.10 bits per heavy atom. The molecule has 3 N–H and O–H groups in total. The first-order valence-electron chi connectivity index (χ1n) is 7.70. The molecule has 2 fully saturated rings. The van der Waals surface area contributed by atoms with Crippen LogP contribution in [-0.2, 0) is 9.59 Å². The third-order valence-electron chi connectivity index (χ3n) is 5.40. The fraction of sp³-hybridized carbons (Fsp3) is 0.867. The molecule has 1 aliphatic heterocycles. The van der Waals surface area contributed by atoms with E-state index in [1.807, 2.05) is 6.92 Å². The molecule has 3 atom stereocenters. The van der Waals surface area contributed by atoms with Gasteiger partial charge < -0.3 is 15.7 Å². The lowest BCUT2D eigenvalue weighted by Gasteiger charge is -2.40. The summed E-state index contributed by atoms with van der Waals surface area (Å²) < 4.78 is 0. The zero-order valence-corrected chi connectivity index (χ0v) is 12.5. The molecule has 1 amide bonds. The molecule has 0 spiro atoms. The van der Waals surface area contributed by atoms with E-state index in [4.69, 9.17) is 0 Å². The maximum Gasteiger partial charge on any atom is 0.311 e. The van der Waals surface area contributed by atoms with Gasteiger partial charge >= 0.3 is 5.97 Å². The lowest BCUT2D eigenvalue weighted by atomic mass is 9.71. The second kappa shape index (κ2) is 5.72. The van der Waals surface area contributed by atoms with Crippen LogP contribution in [0.1, 0.15) is 52.4 Å². The monoisotopic (exact) mass is 282 g/mol. The van der Waals surface area contributed by atoms with Crippen molar-refractivity contribution in [1.82, 2.24) is 10.6 Å². The van der Waals surface area contributed by atoms with Gasteiger partial charge in [-0.2, -0.15) is 0 Å². The Bertz CT molecular complexity index is 391. The Hall–Kier alpha value is -1.10. The van der Waals surface area contributed by atoms with Crippen molar-refractivity contribution in [2.24, 2.45) is 10.8 Å². The second-order valence-corrected chi connectivity index (χ2v) is 6.56. The molecule has 1 saturated carbocycles. The molecule has 2 aliphatic rings. The minimum atomic E-state index is -0.825. The lowest BCUT2D eigenvalue weighted by Crippen LogP contribution is -2.55. The molecule has 1 heterocycles. The quantitative estimate of drug-likeness (QED) is 0.730. The third kappa shape index (κ3) is 2.55. The van der Waals surface area contributed by atoms with E-state index in [0.717, 1.165) is 38.6 Å². The number of hydrogen-bond acceptors (Lipinski definition) is 3. The summed E-state index contributed by atoms with van der Waals surface area (Å²) in [6.07, 6.45) is 4.96. The van der Waals surface area contributed by atoms with Gasteiger partial charge in [-0.1, -0.05) is 19.8 Å². The van der Waals surface area contributed by atoms with Crippen molar-refractivity contribution in [2.75, 3.05) is 13.1 Å². The number of amides is 1. The van der Waals surface area contributed by atoms with Crippen molar-refractivity contribution in [2.45, 2.75) is 58.4 Å². The number of aliphatic carboxylic acids is 1. The van der Waals surface area contributed by atoms with Gasteiger partial charge in [-0.05, 0) is 39.2 Å². The summed E-state index contributed by atoms with van der Waals surface area (Å²) in [7, 11) is 0. The summed E-state index contributed by atoms with van der Waals surface area (Å²) in [5.41, 5.74) is -1.17. The highest BCUT2D eigenvalue weighted by Crippen LogP contribution is 2.38. The molecule has 3 unspecified atom stereocenters. The van der Waals surface area contributed by atoms with Crippen molar-refractivity contribution in [3.63, 3.8) is 0 Å². The number of carbonyl (C=O) groups is 2. The van der Waals surface area contributed by atoms with Crippen LogP contribution in [0.5, 0.6) is 0 Å². The topological polar surface area (TPSA) is 78.4 Å². The minimum absolute atomic E-state index is 0.0318. The molecule has 0 bridgehead atoms. The van der Waals surface area contributed by atoms with Gasteiger partial charge in [0, 0.05) is 12.6 Å². The van der Waals surface area contributed by atoms with E-state index < -0.39 is 11.4 Å². The molecule has 0 radical (unpaired) electrons. The predicted octanol–water partition coefficient (Wildman–Crippen LogP) is 1.53. The largest absolute Gasteiger partial charge is 0.481 e. The maximum atomic E-state index is 12.6. The van der Waals surface area contributed by atoms with Crippen LogP contribution in [0.2, 0.25) is 0 Å². The van der Waals surface area contributed by atoms with E-state index >= 15 is 0 Å².